The van der Waals surface area contributed by atoms with Crippen LogP contribution in [0.4, 0.5) is 11.6 Å². The standard InChI is InChI=1S/C20H20N6/c1-15-5-2-7-17-18(15)23-14-24-20(17)26-10-4-9-25(11-12-26)19-16(13-21)6-3-8-22-19/h2-3,5-8,14H,4,9-12H2,1H3. The van der Waals surface area contributed by atoms with E-state index in [9.17, 15) is 5.26 Å². The number of para-hydroxylation sites is 1. The van der Waals surface area contributed by atoms with Gasteiger partial charge in [0.25, 0.3) is 0 Å². The number of fused-ring (bicyclic) bond motifs is 1. The Balaban J connectivity index is 1.62. The molecule has 0 atom stereocenters. The number of benzene rings is 1. The Morgan fingerprint density at radius 3 is 2.54 bits per heavy atom. The number of nitriles is 1. The molecule has 6 nitrogen and oxygen atoms in total. The molecule has 1 fully saturated rings. The van der Waals surface area contributed by atoms with Gasteiger partial charge in [-0.05, 0) is 37.1 Å². The first kappa shape index (κ1) is 16.3. The summed E-state index contributed by atoms with van der Waals surface area (Å²) in [5.74, 6) is 1.77. The molecule has 0 amide bonds. The van der Waals surface area contributed by atoms with Gasteiger partial charge in [0.05, 0.1) is 11.1 Å². The van der Waals surface area contributed by atoms with Gasteiger partial charge >= 0.3 is 0 Å². The van der Waals surface area contributed by atoms with Gasteiger partial charge in [-0.25, -0.2) is 15.0 Å². The molecule has 3 heterocycles. The van der Waals surface area contributed by atoms with E-state index in [2.05, 4.69) is 55.9 Å². The first-order valence-corrected chi connectivity index (χ1v) is 8.83. The molecule has 130 valence electrons. The first-order chi connectivity index (χ1) is 12.8. The monoisotopic (exact) mass is 344 g/mol. The molecule has 0 N–H and O–H groups in total. The Hall–Kier alpha value is -3.20. The molecule has 1 aromatic carbocycles. The van der Waals surface area contributed by atoms with E-state index in [0.717, 1.165) is 60.7 Å². The third kappa shape index (κ3) is 2.93. The molecule has 26 heavy (non-hydrogen) atoms. The van der Waals surface area contributed by atoms with Crippen molar-refractivity contribution in [1.29, 1.82) is 5.26 Å². The van der Waals surface area contributed by atoms with Crippen LogP contribution in [0.1, 0.15) is 17.5 Å². The number of aryl methyl sites for hydroxylation is 1. The lowest BCUT2D eigenvalue weighted by Gasteiger charge is -2.24. The van der Waals surface area contributed by atoms with Crippen LogP contribution in [0.25, 0.3) is 10.9 Å². The second-order valence-electron chi connectivity index (χ2n) is 6.48. The van der Waals surface area contributed by atoms with Gasteiger partial charge in [0.2, 0.25) is 0 Å². The summed E-state index contributed by atoms with van der Waals surface area (Å²) in [5.41, 5.74) is 2.80. The highest BCUT2D eigenvalue weighted by Gasteiger charge is 2.20. The number of nitrogens with zero attached hydrogens (tertiary/aromatic N) is 6. The van der Waals surface area contributed by atoms with Crippen molar-refractivity contribution in [1.82, 2.24) is 15.0 Å². The number of rotatable bonds is 2. The molecule has 1 aliphatic heterocycles. The average Bonchev–Trinajstić information content (AvgIpc) is 2.94. The van der Waals surface area contributed by atoms with Crippen LogP contribution in [0, 0.1) is 18.3 Å². The maximum Gasteiger partial charge on any atom is 0.146 e. The van der Waals surface area contributed by atoms with E-state index in [1.807, 2.05) is 12.1 Å². The van der Waals surface area contributed by atoms with Crippen LogP contribution in [0.5, 0.6) is 0 Å². The van der Waals surface area contributed by atoms with Crippen LogP contribution in [-0.2, 0) is 0 Å². The summed E-state index contributed by atoms with van der Waals surface area (Å²) in [5, 5.41) is 10.4. The van der Waals surface area contributed by atoms with Crippen LogP contribution < -0.4 is 9.80 Å². The molecule has 0 aliphatic carbocycles. The zero-order valence-corrected chi connectivity index (χ0v) is 14.8. The van der Waals surface area contributed by atoms with Crippen LogP contribution >= 0.6 is 0 Å². The Bertz CT molecular complexity index is 977. The van der Waals surface area contributed by atoms with Gasteiger partial charge in [-0.15, -0.1) is 0 Å². The van der Waals surface area contributed by atoms with Gasteiger partial charge in [0.1, 0.15) is 24.0 Å². The number of hydrogen-bond donors (Lipinski definition) is 0. The molecule has 1 aliphatic rings. The van der Waals surface area contributed by atoms with Gasteiger partial charge in [0.15, 0.2) is 0 Å². The van der Waals surface area contributed by atoms with E-state index >= 15 is 0 Å². The van der Waals surface area contributed by atoms with Gasteiger partial charge in [-0.1, -0.05) is 12.1 Å². The lowest BCUT2D eigenvalue weighted by molar-refractivity contribution is 0.794. The lowest BCUT2D eigenvalue weighted by Crippen LogP contribution is -2.32. The van der Waals surface area contributed by atoms with Crippen molar-refractivity contribution >= 4 is 22.5 Å². The summed E-state index contributed by atoms with van der Waals surface area (Å²) in [6.07, 6.45) is 4.39. The minimum atomic E-state index is 0.629. The maximum atomic E-state index is 9.35. The molecular formula is C20H20N6. The first-order valence-electron chi connectivity index (χ1n) is 8.83. The summed E-state index contributed by atoms with van der Waals surface area (Å²) in [6, 6.07) is 12.1. The third-order valence-corrected chi connectivity index (χ3v) is 4.85. The Kier molecular flexibility index (Phi) is 4.36. The highest BCUT2D eigenvalue weighted by atomic mass is 15.3. The molecule has 0 saturated carbocycles. The zero-order chi connectivity index (χ0) is 17.9. The van der Waals surface area contributed by atoms with Gasteiger partial charge in [-0.3, -0.25) is 0 Å². The maximum absolute atomic E-state index is 9.35. The second kappa shape index (κ2) is 6.96. The number of hydrogen-bond acceptors (Lipinski definition) is 6. The highest BCUT2D eigenvalue weighted by Crippen LogP contribution is 2.26. The molecule has 0 bridgehead atoms. The number of anilines is 2. The molecule has 2 aromatic heterocycles. The predicted molar refractivity (Wildman–Crippen MR) is 102 cm³/mol. The van der Waals surface area contributed by atoms with Crippen LogP contribution in [0.2, 0.25) is 0 Å². The van der Waals surface area contributed by atoms with E-state index in [-0.39, 0.29) is 0 Å². The van der Waals surface area contributed by atoms with Crippen LogP contribution in [0.3, 0.4) is 0 Å². The third-order valence-electron chi connectivity index (χ3n) is 4.85. The fraction of sp³-hybridized carbons (Fsp3) is 0.300. The normalized spacial score (nSPS) is 14.9. The summed E-state index contributed by atoms with van der Waals surface area (Å²) in [6.45, 7) is 5.52. The predicted octanol–water partition coefficient (Wildman–Crippen LogP) is 2.92. The molecule has 0 unspecified atom stereocenters. The summed E-state index contributed by atoms with van der Waals surface area (Å²) < 4.78 is 0. The van der Waals surface area contributed by atoms with Crippen molar-refractivity contribution in [3.63, 3.8) is 0 Å². The molecule has 6 heteroatoms. The molecule has 4 rings (SSSR count). The average molecular weight is 344 g/mol. The van der Waals surface area contributed by atoms with Gasteiger partial charge in [0, 0.05) is 37.8 Å². The van der Waals surface area contributed by atoms with Gasteiger partial charge < -0.3 is 9.80 Å². The minimum absolute atomic E-state index is 0.629. The number of aromatic nitrogens is 3. The largest absolute Gasteiger partial charge is 0.354 e. The van der Waals surface area contributed by atoms with E-state index < -0.39 is 0 Å². The van der Waals surface area contributed by atoms with Crippen molar-refractivity contribution in [3.8, 4) is 6.07 Å². The fourth-order valence-electron chi connectivity index (χ4n) is 3.55. The van der Waals surface area contributed by atoms with Crippen molar-refractivity contribution < 1.29 is 0 Å². The van der Waals surface area contributed by atoms with E-state index in [0.29, 0.717) is 5.56 Å². The fourth-order valence-corrected chi connectivity index (χ4v) is 3.55. The zero-order valence-electron chi connectivity index (χ0n) is 14.8. The summed E-state index contributed by atoms with van der Waals surface area (Å²) in [4.78, 5) is 18.0. The SMILES string of the molecule is Cc1cccc2c(N3CCCN(c4ncccc4C#N)CC3)ncnc12. The Labute approximate surface area is 152 Å². The molecule has 0 spiro atoms. The summed E-state index contributed by atoms with van der Waals surface area (Å²) >= 11 is 0. The molecule has 1 saturated heterocycles. The quantitative estimate of drug-likeness (QED) is 0.712. The van der Waals surface area contributed by atoms with Gasteiger partial charge in [-0.2, -0.15) is 5.26 Å². The van der Waals surface area contributed by atoms with Crippen LogP contribution in [0.15, 0.2) is 42.9 Å². The highest BCUT2D eigenvalue weighted by molar-refractivity contribution is 5.91. The van der Waals surface area contributed by atoms with Crippen molar-refractivity contribution in [3.05, 3.63) is 54.0 Å². The minimum Gasteiger partial charge on any atom is -0.354 e. The Morgan fingerprint density at radius 1 is 0.923 bits per heavy atom. The molecular weight excluding hydrogens is 324 g/mol. The smallest absolute Gasteiger partial charge is 0.146 e. The van der Waals surface area contributed by atoms with Crippen molar-refractivity contribution in [2.24, 2.45) is 0 Å². The number of pyridine rings is 1. The van der Waals surface area contributed by atoms with Crippen molar-refractivity contribution in [2.75, 3.05) is 36.0 Å². The van der Waals surface area contributed by atoms with E-state index in [1.165, 1.54) is 0 Å². The second-order valence-corrected chi connectivity index (χ2v) is 6.48. The van der Waals surface area contributed by atoms with Crippen molar-refractivity contribution in [2.45, 2.75) is 13.3 Å². The van der Waals surface area contributed by atoms with E-state index in [1.54, 1.807) is 12.5 Å². The topological polar surface area (TPSA) is 68.9 Å². The Morgan fingerprint density at radius 2 is 1.73 bits per heavy atom. The molecule has 0 radical (unpaired) electrons. The molecule has 3 aromatic rings. The lowest BCUT2D eigenvalue weighted by atomic mass is 10.1. The van der Waals surface area contributed by atoms with Crippen LogP contribution in [-0.4, -0.2) is 41.1 Å². The summed E-state index contributed by atoms with van der Waals surface area (Å²) in [7, 11) is 0. The van der Waals surface area contributed by atoms with E-state index in [4.69, 9.17) is 0 Å².